The van der Waals surface area contributed by atoms with E-state index < -0.39 is 0 Å². The van der Waals surface area contributed by atoms with Gasteiger partial charge in [0, 0.05) is 29.6 Å². The van der Waals surface area contributed by atoms with Crippen molar-refractivity contribution in [2.75, 3.05) is 6.54 Å². The van der Waals surface area contributed by atoms with E-state index >= 15 is 0 Å². The number of hydrogen-bond donors (Lipinski definition) is 2. The van der Waals surface area contributed by atoms with Crippen LogP contribution in [-0.4, -0.2) is 17.4 Å². The van der Waals surface area contributed by atoms with E-state index in [9.17, 15) is 4.79 Å². The lowest BCUT2D eigenvalue weighted by atomic mass is 10.00. The number of nitrogens with one attached hydrogen (secondary N) is 2. The second-order valence-corrected chi connectivity index (χ2v) is 4.36. The number of H-pyrrole nitrogens is 1. The molecule has 1 heterocycles. The summed E-state index contributed by atoms with van der Waals surface area (Å²) in [6.07, 6.45) is 2.77. The van der Waals surface area contributed by atoms with E-state index in [2.05, 4.69) is 22.4 Å². The molecule has 0 aliphatic heterocycles. The van der Waals surface area contributed by atoms with E-state index in [1.165, 1.54) is 10.9 Å². The van der Waals surface area contributed by atoms with Gasteiger partial charge >= 0.3 is 0 Å². The highest BCUT2D eigenvalue weighted by Crippen LogP contribution is 2.20. The van der Waals surface area contributed by atoms with Crippen molar-refractivity contribution in [1.29, 1.82) is 0 Å². The van der Waals surface area contributed by atoms with E-state index in [1.807, 2.05) is 32.2 Å². The summed E-state index contributed by atoms with van der Waals surface area (Å²) in [5.74, 6) is 0.131. The van der Waals surface area contributed by atoms with Gasteiger partial charge in [-0.05, 0) is 25.0 Å². The van der Waals surface area contributed by atoms with Gasteiger partial charge in [-0.25, -0.2) is 0 Å². The minimum atomic E-state index is 0.00848. The molecule has 1 atom stereocenters. The van der Waals surface area contributed by atoms with E-state index in [0.29, 0.717) is 6.54 Å². The monoisotopic (exact) mass is 230 g/mol. The third kappa shape index (κ3) is 2.49. The number of aromatic amines is 1. The third-order valence-corrected chi connectivity index (χ3v) is 3.00. The summed E-state index contributed by atoms with van der Waals surface area (Å²) in [5, 5.41) is 4.07. The van der Waals surface area contributed by atoms with Crippen LogP contribution in [0.5, 0.6) is 0 Å². The molecule has 2 N–H and O–H groups in total. The van der Waals surface area contributed by atoms with Gasteiger partial charge in [0.1, 0.15) is 0 Å². The van der Waals surface area contributed by atoms with Crippen molar-refractivity contribution < 1.29 is 4.79 Å². The Bertz CT molecular complexity index is 516. The minimum Gasteiger partial charge on any atom is -0.361 e. The fraction of sp³-hybridized carbons (Fsp3) is 0.357. The van der Waals surface area contributed by atoms with Crippen LogP contribution in [0.15, 0.2) is 30.5 Å². The molecule has 17 heavy (non-hydrogen) atoms. The van der Waals surface area contributed by atoms with Gasteiger partial charge in [0.15, 0.2) is 0 Å². The van der Waals surface area contributed by atoms with E-state index in [0.717, 1.165) is 11.9 Å². The maximum absolute atomic E-state index is 11.7. The first kappa shape index (κ1) is 11.7. The van der Waals surface area contributed by atoms with Crippen LogP contribution in [0, 0.1) is 5.92 Å². The zero-order valence-corrected chi connectivity index (χ0v) is 10.3. The lowest BCUT2D eigenvalue weighted by Crippen LogP contribution is -2.29. The highest BCUT2D eigenvalue weighted by Gasteiger charge is 2.14. The average molecular weight is 230 g/mol. The molecule has 1 aromatic carbocycles. The molecule has 0 fully saturated rings. The Balaban J connectivity index is 2.16. The minimum absolute atomic E-state index is 0.00848. The smallest absolute Gasteiger partial charge is 0.223 e. The molecule has 3 heteroatoms. The average Bonchev–Trinajstić information content (AvgIpc) is 2.73. The van der Waals surface area contributed by atoms with Gasteiger partial charge in [0.2, 0.25) is 5.91 Å². The number of fused-ring (bicyclic) bond motifs is 1. The Labute approximate surface area is 101 Å². The summed E-state index contributed by atoms with van der Waals surface area (Å²) in [6.45, 7) is 4.60. The lowest BCUT2D eigenvalue weighted by Gasteiger charge is -2.10. The summed E-state index contributed by atoms with van der Waals surface area (Å²) < 4.78 is 0. The van der Waals surface area contributed by atoms with E-state index in [1.54, 1.807) is 0 Å². The first-order valence-electron chi connectivity index (χ1n) is 6.05. The van der Waals surface area contributed by atoms with E-state index in [-0.39, 0.29) is 11.8 Å². The molecule has 2 aromatic rings. The summed E-state index contributed by atoms with van der Waals surface area (Å²) >= 11 is 0. The number of benzene rings is 1. The van der Waals surface area contributed by atoms with Gasteiger partial charge < -0.3 is 10.3 Å². The predicted molar refractivity (Wildman–Crippen MR) is 69.9 cm³/mol. The van der Waals surface area contributed by atoms with Gasteiger partial charge in [-0.15, -0.1) is 0 Å². The molecule has 0 aliphatic rings. The fourth-order valence-corrected chi connectivity index (χ4v) is 2.07. The number of aromatic nitrogens is 1. The van der Waals surface area contributed by atoms with Gasteiger partial charge in [0.25, 0.3) is 0 Å². The van der Waals surface area contributed by atoms with Crippen LogP contribution >= 0.6 is 0 Å². The Hall–Kier alpha value is -1.77. The topological polar surface area (TPSA) is 44.9 Å². The SMILES string of the molecule is CCNC(=O)C(C)Cc1c[nH]c2ccccc12. The first-order chi connectivity index (χ1) is 8.22. The maximum atomic E-state index is 11.7. The second-order valence-electron chi connectivity index (χ2n) is 4.36. The predicted octanol–water partition coefficient (Wildman–Crippen LogP) is 2.48. The molecule has 3 nitrogen and oxygen atoms in total. The number of hydrogen-bond acceptors (Lipinski definition) is 1. The highest BCUT2D eigenvalue weighted by molar-refractivity contribution is 5.84. The van der Waals surface area contributed by atoms with Crippen LogP contribution < -0.4 is 5.32 Å². The van der Waals surface area contributed by atoms with Crippen molar-refractivity contribution in [3.05, 3.63) is 36.0 Å². The molecule has 0 aliphatic carbocycles. The molecule has 1 unspecified atom stereocenters. The molecule has 0 saturated heterocycles. The summed E-state index contributed by atoms with van der Waals surface area (Å²) in [7, 11) is 0. The van der Waals surface area contributed by atoms with Crippen molar-refractivity contribution >= 4 is 16.8 Å². The molecular formula is C14H18N2O. The summed E-state index contributed by atoms with van der Waals surface area (Å²) in [4.78, 5) is 14.9. The number of amides is 1. The lowest BCUT2D eigenvalue weighted by molar-refractivity contribution is -0.124. The first-order valence-corrected chi connectivity index (χ1v) is 6.05. The molecule has 0 saturated carbocycles. The Morgan fingerprint density at radius 3 is 2.94 bits per heavy atom. The molecule has 1 aromatic heterocycles. The maximum Gasteiger partial charge on any atom is 0.223 e. The fourth-order valence-electron chi connectivity index (χ4n) is 2.07. The molecule has 2 rings (SSSR count). The van der Waals surface area contributed by atoms with Crippen LogP contribution in [0.25, 0.3) is 10.9 Å². The van der Waals surface area contributed by atoms with Crippen molar-refractivity contribution in [2.24, 2.45) is 5.92 Å². The zero-order valence-electron chi connectivity index (χ0n) is 10.3. The summed E-state index contributed by atoms with van der Waals surface area (Å²) in [5.41, 5.74) is 2.34. The number of para-hydroxylation sites is 1. The van der Waals surface area contributed by atoms with Gasteiger partial charge in [-0.1, -0.05) is 25.1 Å². The Morgan fingerprint density at radius 2 is 2.18 bits per heavy atom. The van der Waals surface area contributed by atoms with Crippen LogP contribution in [0.4, 0.5) is 0 Å². The Kier molecular flexibility index (Phi) is 3.47. The molecule has 0 radical (unpaired) electrons. The molecule has 90 valence electrons. The van der Waals surface area contributed by atoms with Gasteiger partial charge in [-0.3, -0.25) is 4.79 Å². The standard InChI is InChI=1S/C14H18N2O/c1-3-15-14(17)10(2)8-11-9-16-13-7-5-4-6-12(11)13/h4-7,9-10,16H,3,8H2,1-2H3,(H,15,17). The molecule has 0 spiro atoms. The van der Waals surface area contributed by atoms with Crippen LogP contribution in [-0.2, 0) is 11.2 Å². The number of rotatable bonds is 4. The molecular weight excluding hydrogens is 212 g/mol. The van der Waals surface area contributed by atoms with Crippen molar-refractivity contribution in [3.8, 4) is 0 Å². The third-order valence-electron chi connectivity index (χ3n) is 3.00. The van der Waals surface area contributed by atoms with Crippen molar-refractivity contribution in [3.63, 3.8) is 0 Å². The number of carbonyl (C=O) groups is 1. The second kappa shape index (κ2) is 5.04. The normalized spacial score (nSPS) is 12.6. The van der Waals surface area contributed by atoms with Gasteiger partial charge in [0.05, 0.1) is 0 Å². The Morgan fingerprint density at radius 1 is 1.41 bits per heavy atom. The molecule has 0 bridgehead atoms. The van der Waals surface area contributed by atoms with Crippen LogP contribution in [0.1, 0.15) is 19.4 Å². The van der Waals surface area contributed by atoms with Gasteiger partial charge in [-0.2, -0.15) is 0 Å². The van der Waals surface area contributed by atoms with E-state index in [4.69, 9.17) is 0 Å². The van der Waals surface area contributed by atoms with Crippen molar-refractivity contribution in [1.82, 2.24) is 10.3 Å². The quantitative estimate of drug-likeness (QED) is 0.832. The van der Waals surface area contributed by atoms with Crippen LogP contribution in [0.3, 0.4) is 0 Å². The molecule has 1 amide bonds. The summed E-state index contributed by atoms with van der Waals surface area (Å²) in [6, 6.07) is 8.17. The zero-order chi connectivity index (χ0) is 12.3. The number of carbonyl (C=O) groups excluding carboxylic acids is 1. The largest absolute Gasteiger partial charge is 0.361 e. The van der Waals surface area contributed by atoms with Crippen LogP contribution in [0.2, 0.25) is 0 Å². The highest BCUT2D eigenvalue weighted by atomic mass is 16.1. The van der Waals surface area contributed by atoms with Crippen molar-refractivity contribution in [2.45, 2.75) is 20.3 Å².